The van der Waals surface area contributed by atoms with Crippen LogP contribution in [0, 0.1) is 0 Å². The minimum atomic E-state index is -1.97. The SMILES string of the molecule is CNc1ccc(-c2ccc3c4c2P34=O)cc1. The van der Waals surface area contributed by atoms with Gasteiger partial charge in [-0.2, -0.15) is 0 Å². The van der Waals surface area contributed by atoms with E-state index in [4.69, 9.17) is 0 Å². The zero-order valence-corrected chi connectivity index (χ0v) is 9.71. The first-order chi connectivity index (χ1) is 7.76. The van der Waals surface area contributed by atoms with Gasteiger partial charge in [-0.15, -0.1) is 0 Å². The average Bonchev–Trinajstić information content (AvgIpc) is 3.18. The topological polar surface area (TPSA) is 29.1 Å². The first kappa shape index (κ1) is 8.60. The van der Waals surface area contributed by atoms with Crippen molar-refractivity contribution in [3.63, 3.8) is 0 Å². The van der Waals surface area contributed by atoms with E-state index in [1.54, 1.807) is 0 Å². The summed E-state index contributed by atoms with van der Waals surface area (Å²) in [6.07, 6.45) is 0. The molecule has 1 unspecified atom stereocenters. The van der Waals surface area contributed by atoms with Gasteiger partial charge in [-0.25, -0.2) is 0 Å². The van der Waals surface area contributed by atoms with Crippen molar-refractivity contribution < 1.29 is 4.57 Å². The molecule has 3 aliphatic rings. The molecule has 2 aromatic rings. The van der Waals surface area contributed by atoms with Crippen molar-refractivity contribution in [2.75, 3.05) is 12.4 Å². The number of hydrogen-bond donors (Lipinski definition) is 1. The van der Waals surface area contributed by atoms with Crippen molar-refractivity contribution in [3.8, 4) is 11.1 Å². The van der Waals surface area contributed by atoms with Crippen LogP contribution in [0.3, 0.4) is 0 Å². The maximum Gasteiger partial charge on any atom is 0.174 e. The lowest BCUT2D eigenvalue weighted by molar-refractivity contribution is 0.598. The second kappa shape index (κ2) is 2.41. The molecule has 0 radical (unpaired) electrons. The third kappa shape index (κ3) is 0.793. The van der Waals surface area contributed by atoms with Crippen LogP contribution in [0.15, 0.2) is 36.4 Å². The molecule has 2 bridgehead atoms. The lowest BCUT2D eigenvalue weighted by Gasteiger charge is -2.06. The number of fused-ring (bicyclic) bond motifs is 2. The quantitative estimate of drug-likeness (QED) is 0.528. The molecule has 2 aromatic carbocycles. The molecule has 0 fully saturated rings. The zero-order chi connectivity index (χ0) is 10.9. The number of nitrogens with one attached hydrogen (secondary N) is 1. The summed E-state index contributed by atoms with van der Waals surface area (Å²) in [6.45, 7) is 0. The number of benzene rings is 2. The van der Waals surface area contributed by atoms with E-state index in [0.717, 1.165) is 21.9 Å². The van der Waals surface area contributed by atoms with Crippen LogP contribution < -0.4 is 21.2 Å². The first-order valence-corrected chi connectivity index (χ1v) is 7.04. The smallest absolute Gasteiger partial charge is 0.174 e. The fourth-order valence-electron chi connectivity index (χ4n) is 2.44. The van der Waals surface area contributed by atoms with Gasteiger partial charge in [0.1, 0.15) is 0 Å². The van der Waals surface area contributed by atoms with Crippen LogP contribution in [-0.2, 0) is 4.57 Å². The molecule has 1 N–H and O–H groups in total. The molecule has 5 rings (SSSR count). The van der Waals surface area contributed by atoms with Crippen LogP contribution in [0.25, 0.3) is 11.1 Å². The van der Waals surface area contributed by atoms with E-state index in [9.17, 15) is 4.57 Å². The van der Waals surface area contributed by atoms with Gasteiger partial charge >= 0.3 is 0 Å². The molecular formula is C13H10NOP. The van der Waals surface area contributed by atoms with Crippen LogP contribution in [0.1, 0.15) is 0 Å². The third-order valence-electron chi connectivity index (χ3n) is 3.48. The van der Waals surface area contributed by atoms with Gasteiger partial charge < -0.3 is 9.88 Å². The van der Waals surface area contributed by atoms with E-state index in [1.165, 1.54) is 10.9 Å². The Bertz CT molecular complexity index is 673. The Morgan fingerprint density at radius 1 is 1.00 bits per heavy atom. The minimum Gasteiger partial charge on any atom is -0.388 e. The highest BCUT2D eigenvalue weighted by Crippen LogP contribution is 2.68. The van der Waals surface area contributed by atoms with Crippen LogP contribution in [0.5, 0.6) is 0 Å². The van der Waals surface area contributed by atoms with Crippen molar-refractivity contribution >= 4 is 28.7 Å². The fourth-order valence-corrected chi connectivity index (χ4v) is 5.27. The molecule has 0 aliphatic carbocycles. The Morgan fingerprint density at radius 3 is 2.25 bits per heavy atom. The monoisotopic (exact) mass is 227 g/mol. The first-order valence-electron chi connectivity index (χ1n) is 5.34. The molecule has 2 nitrogen and oxygen atoms in total. The molecule has 16 heavy (non-hydrogen) atoms. The summed E-state index contributed by atoms with van der Waals surface area (Å²) < 4.78 is 12.1. The molecule has 1 atom stereocenters. The van der Waals surface area contributed by atoms with Crippen molar-refractivity contribution in [1.29, 1.82) is 0 Å². The largest absolute Gasteiger partial charge is 0.388 e. The van der Waals surface area contributed by atoms with Gasteiger partial charge in [-0.05, 0) is 29.3 Å². The van der Waals surface area contributed by atoms with Gasteiger partial charge in [0.05, 0.1) is 0 Å². The van der Waals surface area contributed by atoms with E-state index in [1.807, 2.05) is 25.2 Å². The van der Waals surface area contributed by atoms with Gasteiger partial charge in [0, 0.05) is 28.6 Å². The number of anilines is 1. The van der Waals surface area contributed by atoms with Crippen molar-refractivity contribution in [2.45, 2.75) is 0 Å². The highest BCUT2D eigenvalue weighted by molar-refractivity contribution is 8.06. The van der Waals surface area contributed by atoms with E-state index >= 15 is 0 Å². The molecular weight excluding hydrogens is 217 g/mol. The fraction of sp³-hybridized carbons (Fsp3) is 0.0769. The van der Waals surface area contributed by atoms with Crippen LogP contribution >= 0.6 is 7.14 Å². The summed E-state index contributed by atoms with van der Waals surface area (Å²) in [7, 11) is -0.0610. The molecule has 0 amide bonds. The number of rotatable bonds is 2. The lowest BCUT2D eigenvalue weighted by atomic mass is 10.1. The number of hydrogen-bond acceptors (Lipinski definition) is 2. The standard InChI is InChI=1S/C13H10NOP/c1-14-9-4-2-8(3-5-9)10-6-7-11-13-12(10)16(11,13)15/h2-7,14H,1H3. The molecule has 3 aliphatic heterocycles. The summed E-state index contributed by atoms with van der Waals surface area (Å²) in [5.74, 6) is 0. The maximum absolute atomic E-state index is 12.1. The van der Waals surface area contributed by atoms with Crippen molar-refractivity contribution in [3.05, 3.63) is 36.4 Å². The summed E-state index contributed by atoms with van der Waals surface area (Å²) in [5, 5.41) is 6.53. The van der Waals surface area contributed by atoms with Crippen molar-refractivity contribution in [2.24, 2.45) is 0 Å². The van der Waals surface area contributed by atoms with Gasteiger partial charge in [0.15, 0.2) is 7.14 Å². The molecule has 3 heterocycles. The molecule has 0 saturated carbocycles. The second-order valence-corrected chi connectivity index (χ2v) is 6.86. The van der Waals surface area contributed by atoms with Gasteiger partial charge in [0.25, 0.3) is 0 Å². The van der Waals surface area contributed by atoms with Crippen molar-refractivity contribution in [1.82, 2.24) is 0 Å². The Balaban J connectivity index is 1.85. The Hall–Kier alpha value is -1.53. The third-order valence-corrected chi connectivity index (χ3v) is 6.28. The second-order valence-electron chi connectivity index (χ2n) is 4.27. The van der Waals surface area contributed by atoms with E-state index < -0.39 is 7.14 Å². The van der Waals surface area contributed by atoms with E-state index in [-0.39, 0.29) is 0 Å². The van der Waals surface area contributed by atoms with Crippen LogP contribution in [0.2, 0.25) is 0 Å². The van der Waals surface area contributed by atoms with E-state index in [2.05, 4.69) is 23.5 Å². The molecule has 0 aromatic heterocycles. The summed E-state index contributed by atoms with van der Waals surface area (Å²) in [4.78, 5) is 0. The van der Waals surface area contributed by atoms with Gasteiger partial charge in [-0.3, -0.25) is 0 Å². The van der Waals surface area contributed by atoms with Gasteiger partial charge in [-0.1, -0.05) is 18.2 Å². The average molecular weight is 227 g/mol. The van der Waals surface area contributed by atoms with Crippen LogP contribution in [0.4, 0.5) is 5.69 Å². The normalized spacial score (nSPS) is 22.6. The predicted molar refractivity (Wildman–Crippen MR) is 67.9 cm³/mol. The summed E-state index contributed by atoms with van der Waals surface area (Å²) in [5.41, 5.74) is 3.43. The van der Waals surface area contributed by atoms with Gasteiger partial charge in [0.2, 0.25) is 0 Å². The predicted octanol–water partition coefficient (Wildman–Crippen LogP) is 1.66. The summed E-state index contributed by atoms with van der Waals surface area (Å²) >= 11 is 0. The summed E-state index contributed by atoms with van der Waals surface area (Å²) in [6, 6.07) is 12.4. The molecule has 0 saturated heterocycles. The molecule has 78 valence electrons. The van der Waals surface area contributed by atoms with Crippen LogP contribution in [-0.4, -0.2) is 7.05 Å². The Labute approximate surface area is 93.7 Å². The highest BCUT2D eigenvalue weighted by atomic mass is 31.2. The zero-order valence-electron chi connectivity index (χ0n) is 8.82. The maximum atomic E-state index is 12.1. The lowest BCUT2D eigenvalue weighted by Crippen LogP contribution is -2.10. The Morgan fingerprint density at radius 2 is 1.69 bits per heavy atom. The van der Waals surface area contributed by atoms with E-state index in [0.29, 0.717) is 0 Å². The molecule has 3 heteroatoms. The minimum absolute atomic E-state index is 1.10. The highest BCUT2D eigenvalue weighted by Gasteiger charge is 2.67. The molecule has 0 spiro atoms. The Kier molecular flexibility index (Phi) is 1.30.